The molecule has 142 valence electrons. The summed E-state index contributed by atoms with van der Waals surface area (Å²) in [5.41, 5.74) is 0.375. The van der Waals surface area contributed by atoms with Crippen LogP contribution in [0.3, 0.4) is 0 Å². The summed E-state index contributed by atoms with van der Waals surface area (Å²) in [6, 6.07) is 5.31. The summed E-state index contributed by atoms with van der Waals surface area (Å²) in [4.78, 5) is 33.0. The van der Waals surface area contributed by atoms with Crippen molar-refractivity contribution in [2.45, 2.75) is 12.0 Å². The molecule has 0 bridgehead atoms. The van der Waals surface area contributed by atoms with Crippen molar-refractivity contribution in [1.29, 1.82) is 0 Å². The van der Waals surface area contributed by atoms with E-state index >= 15 is 0 Å². The average Bonchev–Trinajstić information content (AvgIpc) is 2.58. The van der Waals surface area contributed by atoms with Gasteiger partial charge in [-0.25, -0.2) is 13.2 Å². The molecule has 26 heavy (non-hydrogen) atoms. The minimum Gasteiger partial charge on any atom is -0.433 e. The molecular formula is C14H16N2O9S. The zero-order valence-electron chi connectivity index (χ0n) is 13.4. The van der Waals surface area contributed by atoms with Gasteiger partial charge in [-0.05, 0) is 17.7 Å². The van der Waals surface area contributed by atoms with Crippen LogP contribution in [0.2, 0.25) is 0 Å². The summed E-state index contributed by atoms with van der Waals surface area (Å²) >= 11 is 0. The van der Waals surface area contributed by atoms with Crippen molar-refractivity contribution in [1.82, 2.24) is 5.32 Å². The molecule has 1 saturated heterocycles. The number of nitro benzene ring substituents is 1. The lowest BCUT2D eigenvalue weighted by Crippen LogP contribution is -2.63. The van der Waals surface area contributed by atoms with Crippen molar-refractivity contribution < 1.29 is 37.5 Å². The highest BCUT2D eigenvalue weighted by Crippen LogP contribution is 2.21. The molecule has 0 spiro atoms. The maximum atomic E-state index is 11.8. The molecule has 12 heteroatoms. The largest absolute Gasteiger partial charge is 0.508 e. The SMILES string of the molecule is O=C(OCc1ccc([N+](=O)[O-])cc1)OC[C@@H]1C(=O)N[C@H]1S(=O)(=O)CCO. The van der Waals surface area contributed by atoms with E-state index in [0.717, 1.165) is 0 Å². The number of aliphatic hydroxyl groups is 1. The predicted octanol–water partition coefficient (Wildman–Crippen LogP) is -0.273. The number of non-ortho nitro benzene ring substituents is 1. The number of hydrogen-bond donors (Lipinski definition) is 2. The molecule has 0 saturated carbocycles. The van der Waals surface area contributed by atoms with Gasteiger partial charge in [-0.1, -0.05) is 0 Å². The van der Waals surface area contributed by atoms with E-state index in [1.807, 2.05) is 0 Å². The Labute approximate surface area is 148 Å². The van der Waals surface area contributed by atoms with Crippen LogP contribution in [-0.4, -0.2) is 54.9 Å². The molecule has 1 amide bonds. The Morgan fingerprint density at radius 2 is 1.92 bits per heavy atom. The Hall–Kier alpha value is -2.73. The number of hydrogen-bond acceptors (Lipinski definition) is 9. The Morgan fingerprint density at radius 1 is 1.27 bits per heavy atom. The lowest BCUT2D eigenvalue weighted by Gasteiger charge is -2.35. The second kappa shape index (κ2) is 8.10. The number of sulfone groups is 1. The van der Waals surface area contributed by atoms with E-state index in [9.17, 15) is 28.1 Å². The first-order chi connectivity index (χ1) is 12.2. The van der Waals surface area contributed by atoms with E-state index in [1.54, 1.807) is 0 Å². The van der Waals surface area contributed by atoms with Gasteiger partial charge in [0, 0.05) is 12.1 Å². The molecule has 1 aromatic rings. The first-order valence-electron chi connectivity index (χ1n) is 7.40. The van der Waals surface area contributed by atoms with Gasteiger partial charge in [0.15, 0.2) is 9.84 Å². The van der Waals surface area contributed by atoms with E-state index in [2.05, 4.69) is 5.32 Å². The number of nitrogens with one attached hydrogen (secondary N) is 1. The maximum absolute atomic E-state index is 11.8. The molecule has 2 N–H and O–H groups in total. The second-order valence-corrected chi connectivity index (χ2v) is 7.64. The molecular weight excluding hydrogens is 372 g/mol. The number of carbonyl (C=O) groups excluding carboxylic acids is 2. The zero-order valence-corrected chi connectivity index (χ0v) is 14.2. The lowest BCUT2D eigenvalue weighted by atomic mass is 10.0. The molecule has 0 radical (unpaired) electrons. The van der Waals surface area contributed by atoms with Crippen LogP contribution in [0.25, 0.3) is 0 Å². The lowest BCUT2D eigenvalue weighted by molar-refractivity contribution is -0.384. The van der Waals surface area contributed by atoms with E-state index < -0.39 is 57.1 Å². The fraction of sp³-hybridized carbons (Fsp3) is 0.429. The van der Waals surface area contributed by atoms with Crippen LogP contribution in [-0.2, 0) is 30.7 Å². The van der Waals surface area contributed by atoms with Crippen molar-refractivity contribution in [2.24, 2.45) is 5.92 Å². The monoisotopic (exact) mass is 388 g/mol. The predicted molar refractivity (Wildman–Crippen MR) is 85.5 cm³/mol. The number of β-lactam (4-membered cyclic amide) rings is 1. The summed E-state index contributed by atoms with van der Waals surface area (Å²) in [5.74, 6) is -2.17. The smallest absolute Gasteiger partial charge is 0.433 e. The normalized spacial score (nSPS) is 19.2. The third-order valence-electron chi connectivity index (χ3n) is 3.63. The number of nitro groups is 1. The number of benzene rings is 1. The number of aliphatic hydroxyl groups excluding tert-OH is 1. The van der Waals surface area contributed by atoms with Crippen LogP contribution in [0, 0.1) is 16.0 Å². The van der Waals surface area contributed by atoms with Gasteiger partial charge < -0.3 is 19.9 Å². The summed E-state index contributed by atoms with van der Waals surface area (Å²) in [5, 5.41) is 20.2. The van der Waals surface area contributed by atoms with E-state index in [0.29, 0.717) is 5.56 Å². The van der Waals surface area contributed by atoms with Gasteiger partial charge >= 0.3 is 6.16 Å². The number of rotatable bonds is 8. The molecule has 11 nitrogen and oxygen atoms in total. The number of ether oxygens (including phenoxy) is 2. The molecule has 1 aliphatic heterocycles. The zero-order chi connectivity index (χ0) is 19.3. The molecule has 1 aliphatic rings. The van der Waals surface area contributed by atoms with Crippen molar-refractivity contribution in [3.63, 3.8) is 0 Å². The number of carbonyl (C=O) groups is 2. The topological polar surface area (TPSA) is 162 Å². The molecule has 0 unspecified atom stereocenters. The van der Waals surface area contributed by atoms with Crippen LogP contribution in [0.1, 0.15) is 5.56 Å². The van der Waals surface area contributed by atoms with Gasteiger partial charge in [0.25, 0.3) is 5.69 Å². The minimum absolute atomic E-state index is 0.109. The van der Waals surface area contributed by atoms with Crippen molar-refractivity contribution in [3.8, 4) is 0 Å². The Balaban J connectivity index is 1.81. The first-order valence-corrected chi connectivity index (χ1v) is 9.12. The van der Waals surface area contributed by atoms with E-state index in [-0.39, 0.29) is 12.3 Å². The molecule has 2 atom stereocenters. The van der Waals surface area contributed by atoms with Crippen LogP contribution in [0.4, 0.5) is 10.5 Å². The summed E-state index contributed by atoms with van der Waals surface area (Å²) in [6.45, 7) is -1.28. The second-order valence-electron chi connectivity index (χ2n) is 5.40. The summed E-state index contributed by atoms with van der Waals surface area (Å²) < 4.78 is 33.2. The van der Waals surface area contributed by atoms with Crippen molar-refractivity contribution >= 4 is 27.6 Å². The molecule has 1 heterocycles. The standard InChI is InChI=1S/C14H16N2O9S/c17-5-6-26(22,23)13-11(12(18)15-13)8-25-14(19)24-7-9-1-3-10(4-2-9)16(20)21/h1-4,11,13,17H,5-8H2,(H,15,18)/t11-,13+/m1/s1. The molecule has 1 aromatic carbocycles. The first kappa shape index (κ1) is 19.6. The summed E-state index contributed by atoms with van der Waals surface area (Å²) in [7, 11) is -3.74. The minimum atomic E-state index is -3.74. The van der Waals surface area contributed by atoms with Gasteiger partial charge in [0.1, 0.15) is 24.5 Å². The van der Waals surface area contributed by atoms with Gasteiger partial charge in [0.2, 0.25) is 5.91 Å². The van der Waals surface area contributed by atoms with E-state index in [4.69, 9.17) is 14.6 Å². The van der Waals surface area contributed by atoms with Crippen LogP contribution >= 0.6 is 0 Å². The van der Waals surface area contributed by atoms with Crippen LogP contribution in [0.5, 0.6) is 0 Å². The average molecular weight is 388 g/mol. The quantitative estimate of drug-likeness (QED) is 0.264. The Kier molecular flexibility index (Phi) is 6.10. The molecule has 0 aromatic heterocycles. The Bertz CT molecular complexity index is 791. The highest BCUT2D eigenvalue weighted by Gasteiger charge is 2.47. The molecule has 1 fully saturated rings. The molecule has 0 aliphatic carbocycles. The van der Waals surface area contributed by atoms with Gasteiger partial charge in [-0.2, -0.15) is 0 Å². The van der Waals surface area contributed by atoms with E-state index in [1.165, 1.54) is 24.3 Å². The van der Waals surface area contributed by atoms with Crippen molar-refractivity contribution in [2.75, 3.05) is 19.0 Å². The third-order valence-corrected chi connectivity index (χ3v) is 5.61. The van der Waals surface area contributed by atoms with Gasteiger partial charge in [-0.3, -0.25) is 14.9 Å². The maximum Gasteiger partial charge on any atom is 0.508 e. The number of amides is 1. The van der Waals surface area contributed by atoms with Gasteiger partial charge in [-0.15, -0.1) is 0 Å². The van der Waals surface area contributed by atoms with Crippen LogP contribution < -0.4 is 5.32 Å². The third kappa shape index (κ3) is 4.67. The Morgan fingerprint density at radius 3 is 2.46 bits per heavy atom. The number of nitrogens with zero attached hydrogens (tertiary/aromatic N) is 1. The molecule has 2 rings (SSSR count). The summed E-state index contributed by atoms with van der Waals surface area (Å²) in [6.07, 6.45) is -1.11. The van der Waals surface area contributed by atoms with Crippen LogP contribution in [0.15, 0.2) is 24.3 Å². The fourth-order valence-corrected chi connectivity index (χ4v) is 3.71. The fourth-order valence-electron chi connectivity index (χ4n) is 2.20. The van der Waals surface area contributed by atoms with Crippen molar-refractivity contribution in [3.05, 3.63) is 39.9 Å². The van der Waals surface area contributed by atoms with Gasteiger partial charge in [0.05, 0.1) is 17.3 Å². The highest BCUT2D eigenvalue weighted by molar-refractivity contribution is 7.92. The highest BCUT2D eigenvalue weighted by atomic mass is 32.2.